The van der Waals surface area contributed by atoms with Crippen LogP contribution in [0.5, 0.6) is 0 Å². The van der Waals surface area contributed by atoms with Gasteiger partial charge >= 0.3 is 6.18 Å². The van der Waals surface area contributed by atoms with Gasteiger partial charge in [-0.2, -0.15) is 13.2 Å². The van der Waals surface area contributed by atoms with Gasteiger partial charge in [-0.25, -0.2) is 0 Å². The number of rotatable bonds is 4. The van der Waals surface area contributed by atoms with Crippen LogP contribution in [-0.4, -0.2) is 22.0 Å². The van der Waals surface area contributed by atoms with Crippen molar-refractivity contribution in [3.8, 4) is 0 Å². The SMILES string of the molecule is Cc1cc(NC(=O)c2cncc(C(=O)Nc3cccc(C(F)(F)F)c3)c2)no1. The molecule has 2 heterocycles. The van der Waals surface area contributed by atoms with Crippen molar-refractivity contribution >= 4 is 23.3 Å². The number of alkyl halides is 3. The average Bonchev–Trinajstić information content (AvgIpc) is 3.06. The zero-order valence-electron chi connectivity index (χ0n) is 14.4. The summed E-state index contributed by atoms with van der Waals surface area (Å²) < 4.78 is 43.2. The van der Waals surface area contributed by atoms with Crippen LogP contribution in [0.1, 0.15) is 32.0 Å². The molecular formula is C18H13F3N4O3. The highest BCUT2D eigenvalue weighted by molar-refractivity contribution is 6.08. The molecule has 0 saturated heterocycles. The normalized spacial score (nSPS) is 11.1. The molecule has 0 radical (unpaired) electrons. The molecule has 1 aromatic carbocycles. The van der Waals surface area contributed by atoms with Crippen molar-refractivity contribution in [2.75, 3.05) is 10.6 Å². The van der Waals surface area contributed by atoms with Gasteiger partial charge < -0.3 is 15.2 Å². The van der Waals surface area contributed by atoms with Crippen LogP contribution in [0.15, 0.2) is 53.3 Å². The van der Waals surface area contributed by atoms with E-state index in [1.165, 1.54) is 36.7 Å². The third-order valence-corrected chi connectivity index (χ3v) is 3.58. The van der Waals surface area contributed by atoms with E-state index in [1.807, 2.05) is 0 Å². The van der Waals surface area contributed by atoms with Gasteiger partial charge in [0.25, 0.3) is 11.8 Å². The summed E-state index contributed by atoms with van der Waals surface area (Å²) in [5.74, 6) is -0.586. The van der Waals surface area contributed by atoms with Crippen LogP contribution < -0.4 is 10.6 Å². The van der Waals surface area contributed by atoms with Gasteiger partial charge in [0.05, 0.1) is 16.7 Å². The first-order chi connectivity index (χ1) is 13.2. The van der Waals surface area contributed by atoms with Crippen molar-refractivity contribution in [1.82, 2.24) is 10.1 Å². The van der Waals surface area contributed by atoms with Gasteiger partial charge in [0, 0.05) is 24.1 Å². The highest BCUT2D eigenvalue weighted by Crippen LogP contribution is 2.30. The first kappa shape index (κ1) is 19.1. The quantitative estimate of drug-likeness (QED) is 0.704. The maximum atomic E-state index is 12.8. The number of carbonyl (C=O) groups excluding carboxylic acids is 2. The number of benzene rings is 1. The minimum absolute atomic E-state index is 0.00129. The lowest BCUT2D eigenvalue weighted by Gasteiger charge is -2.10. The predicted molar refractivity (Wildman–Crippen MR) is 92.8 cm³/mol. The van der Waals surface area contributed by atoms with Gasteiger partial charge in [-0.1, -0.05) is 11.2 Å². The number of halogens is 3. The van der Waals surface area contributed by atoms with Crippen molar-refractivity contribution in [3.63, 3.8) is 0 Å². The fourth-order valence-electron chi connectivity index (χ4n) is 2.28. The van der Waals surface area contributed by atoms with E-state index in [9.17, 15) is 22.8 Å². The van der Waals surface area contributed by atoms with E-state index in [-0.39, 0.29) is 22.6 Å². The summed E-state index contributed by atoms with van der Waals surface area (Å²) in [5, 5.41) is 8.45. The Labute approximate surface area is 156 Å². The number of carbonyl (C=O) groups is 2. The first-order valence-corrected chi connectivity index (χ1v) is 7.91. The molecule has 2 N–H and O–H groups in total. The highest BCUT2D eigenvalue weighted by atomic mass is 19.4. The monoisotopic (exact) mass is 390 g/mol. The molecule has 144 valence electrons. The second-order valence-electron chi connectivity index (χ2n) is 5.77. The number of aromatic nitrogens is 2. The number of hydrogen-bond donors (Lipinski definition) is 2. The van der Waals surface area contributed by atoms with Crippen LogP contribution >= 0.6 is 0 Å². The molecule has 0 bridgehead atoms. The summed E-state index contributed by atoms with van der Waals surface area (Å²) in [7, 11) is 0. The minimum atomic E-state index is -4.53. The molecule has 0 atom stereocenters. The van der Waals surface area contributed by atoms with Gasteiger partial charge in [0.2, 0.25) is 0 Å². The summed E-state index contributed by atoms with van der Waals surface area (Å²) in [6.07, 6.45) is -2.09. The molecule has 0 aliphatic carbocycles. The van der Waals surface area contributed by atoms with E-state index in [0.717, 1.165) is 12.1 Å². The number of nitrogens with one attached hydrogen (secondary N) is 2. The topological polar surface area (TPSA) is 97.1 Å². The first-order valence-electron chi connectivity index (χ1n) is 7.91. The fourth-order valence-corrected chi connectivity index (χ4v) is 2.28. The third kappa shape index (κ3) is 4.53. The molecule has 0 spiro atoms. The molecule has 0 aliphatic heterocycles. The molecule has 2 aromatic heterocycles. The number of hydrogen-bond acceptors (Lipinski definition) is 5. The van der Waals surface area contributed by atoms with Gasteiger partial charge in [-0.3, -0.25) is 14.6 Å². The van der Waals surface area contributed by atoms with Gasteiger partial charge in [0.1, 0.15) is 5.76 Å². The minimum Gasteiger partial charge on any atom is -0.360 e. The number of pyridine rings is 1. The van der Waals surface area contributed by atoms with Crippen LogP contribution in [0.4, 0.5) is 24.7 Å². The van der Waals surface area contributed by atoms with Crippen molar-refractivity contribution < 1.29 is 27.3 Å². The smallest absolute Gasteiger partial charge is 0.360 e. The van der Waals surface area contributed by atoms with Gasteiger partial charge in [0.15, 0.2) is 5.82 Å². The van der Waals surface area contributed by atoms with Gasteiger partial charge in [-0.15, -0.1) is 0 Å². The Balaban J connectivity index is 1.74. The van der Waals surface area contributed by atoms with E-state index in [2.05, 4.69) is 20.8 Å². The largest absolute Gasteiger partial charge is 0.416 e. The maximum absolute atomic E-state index is 12.8. The maximum Gasteiger partial charge on any atom is 0.416 e. The standard InChI is InChI=1S/C18H13F3N4O3/c1-10-5-15(25-28-10)24-17(27)12-6-11(8-22-9-12)16(26)23-14-4-2-3-13(7-14)18(19,20)21/h2-9H,1H3,(H,23,26)(H,24,25,27). The molecule has 0 saturated carbocycles. The van der Waals surface area contributed by atoms with Crippen LogP contribution in [0.3, 0.4) is 0 Å². The zero-order valence-corrected chi connectivity index (χ0v) is 14.4. The summed E-state index contributed by atoms with van der Waals surface area (Å²) in [6, 6.07) is 6.99. The zero-order chi connectivity index (χ0) is 20.3. The number of anilines is 2. The second-order valence-corrected chi connectivity index (χ2v) is 5.77. The molecule has 7 nitrogen and oxygen atoms in total. The van der Waals surface area contributed by atoms with Crippen LogP contribution in [0, 0.1) is 6.92 Å². The van der Waals surface area contributed by atoms with Crippen LogP contribution in [0.2, 0.25) is 0 Å². The summed E-state index contributed by atoms with van der Waals surface area (Å²) in [6.45, 7) is 1.66. The number of amides is 2. The lowest BCUT2D eigenvalue weighted by Crippen LogP contribution is -2.16. The molecule has 0 fully saturated rings. The Bertz CT molecular complexity index is 1030. The molecule has 28 heavy (non-hydrogen) atoms. The molecular weight excluding hydrogens is 377 g/mol. The Hall–Kier alpha value is -3.69. The molecule has 3 aromatic rings. The summed E-state index contributed by atoms with van der Waals surface area (Å²) in [5.41, 5.74) is -0.856. The Morgan fingerprint density at radius 1 is 1.00 bits per heavy atom. The van der Waals surface area contributed by atoms with Gasteiger partial charge in [-0.05, 0) is 31.2 Å². The van der Waals surface area contributed by atoms with E-state index in [4.69, 9.17) is 4.52 Å². The summed E-state index contributed by atoms with van der Waals surface area (Å²) >= 11 is 0. The van der Waals surface area contributed by atoms with E-state index in [0.29, 0.717) is 5.76 Å². The Morgan fingerprint density at radius 3 is 2.29 bits per heavy atom. The third-order valence-electron chi connectivity index (χ3n) is 3.58. The van der Waals surface area contributed by atoms with Crippen molar-refractivity contribution in [2.45, 2.75) is 13.1 Å². The Kier molecular flexibility index (Phi) is 5.12. The molecule has 0 aliphatic rings. The van der Waals surface area contributed by atoms with E-state index < -0.39 is 23.6 Å². The molecule has 3 rings (SSSR count). The van der Waals surface area contributed by atoms with Crippen molar-refractivity contribution in [2.24, 2.45) is 0 Å². The van der Waals surface area contributed by atoms with Crippen molar-refractivity contribution in [1.29, 1.82) is 0 Å². The van der Waals surface area contributed by atoms with E-state index >= 15 is 0 Å². The highest BCUT2D eigenvalue weighted by Gasteiger charge is 2.30. The van der Waals surface area contributed by atoms with Crippen LogP contribution in [-0.2, 0) is 6.18 Å². The fraction of sp³-hybridized carbons (Fsp3) is 0.111. The number of aryl methyl sites for hydroxylation is 1. The van der Waals surface area contributed by atoms with E-state index in [1.54, 1.807) is 6.92 Å². The van der Waals surface area contributed by atoms with Crippen molar-refractivity contribution in [3.05, 3.63) is 71.2 Å². The second kappa shape index (κ2) is 7.51. The number of nitrogens with zero attached hydrogens (tertiary/aromatic N) is 2. The predicted octanol–water partition coefficient (Wildman–Crippen LogP) is 3.90. The molecule has 2 amide bonds. The molecule has 10 heteroatoms. The average molecular weight is 390 g/mol. The summed E-state index contributed by atoms with van der Waals surface area (Å²) in [4.78, 5) is 28.4. The lowest BCUT2D eigenvalue weighted by atomic mass is 10.1. The Morgan fingerprint density at radius 2 is 1.68 bits per heavy atom. The van der Waals surface area contributed by atoms with Crippen LogP contribution in [0.25, 0.3) is 0 Å². The molecule has 0 unspecified atom stereocenters. The lowest BCUT2D eigenvalue weighted by molar-refractivity contribution is -0.137.